The first-order valence-electron chi connectivity index (χ1n) is 6.22. The van der Waals surface area contributed by atoms with Crippen molar-refractivity contribution >= 4 is 17.3 Å². The largest absolute Gasteiger partial charge is 0.477 e. The Kier molecular flexibility index (Phi) is 4.18. The van der Waals surface area contributed by atoms with Crippen molar-refractivity contribution < 1.29 is 9.90 Å². The predicted octanol–water partition coefficient (Wildman–Crippen LogP) is 3.07. The summed E-state index contributed by atoms with van der Waals surface area (Å²) in [4.78, 5) is 13.9. The Labute approximate surface area is 106 Å². The number of carboxylic acids is 1. The molecule has 17 heavy (non-hydrogen) atoms. The van der Waals surface area contributed by atoms with Crippen molar-refractivity contribution in [1.82, 2.24) is 4.90 Å². The smallest absolute Gasteiger partial charge is 0.346 e. The van der Waals surface area contributed by atoms with Crippen LogP contribution in [-0.4, -0.2) is 29.1 Å². The van der Waals surface area contributed by atoms with Gasteiger partial charge in [-0.25, -0.2) is 4.79 Å². The van der Waals surface area contributed by atoms with Crippen molar-refractivity contribution in [2.45, 2.75) is 32.7 Å². The quantitative estimate of drug-likeness (QED) is 0.812. The molecule has 1 saturated carbocycles. The van der Waals surface area contributed by atoms with Gasteiger partial charge in [0.15, 0.2) is 0 Å². The normalized spacial score (nSPS) is 15.4. The fourth-order valence-electron chi connectivity index (χ4n) is 2.11. The second-order valence-corrected chi connectivity index (χ2v) is 5.67. The summed E-state index contributed by atoms with van der Waals surface area (Å²) in [6.07, 6.45) is 3.81. The molecule has 0 atom stereocenters. The van der Waals surface area contributed by atoms with Crippen LogP contribution in [0.3, 0.4) is 0 Å². The molecule has 4 heteroatoms. The van der Waals surface area contributed by atoms with Gasteiger partial charge in [0.2, 0.25) is 0 Å². The number of aromatic carboxylic acids is 1. The Morgan fingerprint density at radius 3 is 2.94 bits per heavy atom. The summed E-state index contributed by atoms with van der Waals surface area (Å²) < 4.78 is 0. The van der Waals surface area contributed by atoms with Gasteiger partial charge in [0.1, 0.15) is 4.88 Å². The molecule has 0 aromatic carbocycles. The Morgan fingerprint density at radius 1 is 1.59 bits per heavy atom. The van der Waals surface area contributed by atoms with E-state index in [-0.39, 0.29) is 0 Å². The van der Waals surface area contributed by atoms with Crippen LogP contribution in [-0.2, 0) is 6.54 Å². The third kappa shape index (κ3) is 3.54. The predicted molar refractivity (Wildman–Crippen MR) is 69.6 cm³/mol. The number of hydrogen-bond acceptors (Lipinski definition) is 3. The van der Waals surface area contributed by atoms with E-state index in [2.05, 4.69) is 11.8 Å². The van der Waals surface area contributed by atoms with Crippen molar-refractivity contribution in [3.63, 3.8) is 0 Å². The lowest BCUT2D eigenvalue weighted by Gasteiger charge is -2.21. The minimum atomic E-state index is -0.794. The average Bonchev–Trinajstić information content (AvgIpc) is 2.95. The molecule has 0 saturated heterocycles. The summed E-state index contributed by atoms with van der Waals surface area (Å²) in [6, 6.07) is 1.95. The van der Waals surface area contributed by atoms with Crippen molar-refractivity contribution in [2.75, 3.05) is 13.1 Å². The summed E-state index contributed by atoms with van der Waals surface area (Å²) in [5, 5.41) is 11.0. The lowest BCUT2D eigenvalue weighted by Crippen LogP contribution is -2.26. The molecule has 1 N–H and O–H groups in total. The molecule has 0 bridgehead atoms. The van der Waals surface area contributed by atoms with Gasteiger partial charge in [-0.3, -0.25) is 4.90 Å². The summed E-state index contributed by atoms with van der Waals surface area (Å²) in [6.45, 7) is 5.15. The van der Waals surface area contributed by atoms with Crippen molar-refractivity contribution in [1.29, 1.82) is 0 Å². The van der Waals surface area contributed by atoms with Gasteiger partial charge in [-0.15, -0.1) is 11.3 Å². The van der Waals surface area contributed by atoms with Gasteiger partial charge >= 0.3 is 5.97 Å². The van der Waals surface area contributed by atoms with Crippen LogP contribution in [0.15, 0.2) is 11.4 Å². The number of nitrogens with zero attached hydrogens (tertiary/aromatic N) is 1. The van der Waals surface area contributed by atoms with Crippen LogP contribution in [0.1, 0.15) is 41.4 Å². The minimum absolute atomic E-state index is 0.502. The van der Waals surface area contributed by atoms with Gasteiger partial charge in [0, 0.05) is 13.1 Å². The lowest BCUT2D eigenvalue weighted by molar-refractivity contribution is 0.0700. The molecule has 0 unspecified atom stereocenters. The van der Waals surface area contributed by atoms with Crippen LogP contribution in [0, 0.1) is 5.92 Å². The molecule has 0 radical (unpaired) electrons. The minimum Gasteiger partial charge on any atom is -0.477 e. The second-order valence-electron chi connectivity index (χ2n) is 4.76. The molecule has 0 spiro atoms. The van der Waals surface area contributed by atoms with E-state index in [1.807, 2.05) is 11.4 Å². The summed E-state index contributed by atoms with van der Waals surface area (Å²) in [5.74, 6) is 0.0614. The highest BCUT2D eigenvalue weighted by molar-refractivity contribution is 7.12. The van der Waals surface area contributed by atoms with Crippen molar-refractivity contribution in [3.05, 3.63) is 21.9 Å². The zero-order chi connectivity index (χ0) is 12.3. The van der Waals surface area contributed by atoms with Crippen molar-refractivity contribution in [2.24, 2.45) is 5.92 Å². The maximum Gasteiger partial charge on any atom is 0.346 e. The summed E-state index contributed by atoms with van der Waals surface area (Å²) in [7, 11) is 0. The SMILES string of the molecule is CCCN(Cc1ccsc1C(=O)O)CC1CC1. The molecule has 94 valence electrons. The Morgan fingerprint density at radius 2 is 2.35 bits per heavy atom. The van der Waals surface area contributed by atoms with E-state index in [1.165, 1.54) is 24.2 Å². The van der Waals surface area contributed by atoms with E-state index in [1.54, 1.807) is 0 Å². The molecule has 2 rings (SSSR count). The zero-order valence-electron chi connectivity index (χ0n) is 10.2. The first-order valence-corrected chi connectivity index (χ1v) is 7.10. The van der Waals surface area contributed by atoms with E-state index < -0.39 is 5.97 Å². The summed E-state index contributed by atoms with van der Waals surface area (Å²) in [5.41, 5.74) is 0.969. The van der Waals surface area contributed by atoms with Crippen LogP contribution in [0.25, 0.3) is 0 Å². The highest BCUT2D eigenvalue weighted by Gasteiger charge is 2.24. The third-order valence-corrected chi connectivity index (χ3v) is 4.03. The molecule has 1 aromatic heterocycles. The van der Waals surface area contributed by atoms with E-state index in [0.717, 1.165) is 37.5 Å². The first kappa shape index (κ1) is 12.6. The number of rotatable bonds is 7. The van der Waals surface area contributed by atoms with Gasteiger partial charge in [0.25, 0.3) is 0 Å². The highest BCUT2D eigenvalue weighted by atomic mass is 32.1. The topological polar surface area (TPSA) is 40.5 Å². The average molecular weight is 253 g/mol. The number of carbonyl (C=O) groups is 1. The Bertz CT molecular complexity index is 385. The lowest BCUT2D eigenvalue weighted by atomic mass is 10.2. The van der Waals surface area contributed by atoms with Gasteiger partial charge in [-0.05, 0) is 48.7 Å². The molecule has 1 aromatic rings. The number of thiophene rings is 1. The molecular formula is C13H19NO2S. The van der Waals surface area contributed by atoms with Crippen LogP contribution in [0.5, 0.6) is 0 Å². The Hall–Kier alpha value is -0.870. The monoisotopic (exact) mass is 253 g/mol. The van der Waals surface area contributed by atoms with E-state index >= 15 is 0 Å². The maximum absolute atomic E-state index is 11.0. The fraction of sp³-hybridized carbons (Fsp3) is 0.615. The molecule has 1 fully saturated rings. The number of hydrogen-bond donors (Lipinski definition) is 1. The molecule has 1 aliphatic carbocycles. The summed E-state index contributed by atoms with van der Waals surface area (Å²) >= 11 is 1.33. The van der Waals surface area contributed by atoms with Crippen LogP contribution >= 0.6 is 11.3 Å². The van der Waals surface area contributed by atoms with E-state index in [4.69, 9.17) is 5.11 Å². The number of carboxylic acid groups (broad SMARTS) is 1. The van der Waals surface area contributed by atoms with Gasteiger partial charge in [0.05, 0.1) is 0 Å². The Balaban J connectivity index is 1.99. The zero-order valence-corrected chi connectivity index (χ0v) is 11.0. The van der Waals surface area contributed by atoms with Gasteiger partial charge in [-0.1, -0.05) is 6.92 Å². The van der Waals surface area contributed by atoms with E-state index in [0.29, 0.717) is 4.88 Å². The fourth-order valence-corrected chi connectivity index (χ4v) is 2.86. The molecule has 1 aliphatic rings. The molecule has 0 amide bonds. The molecule has 1 heterocycles. The molecular weight excluding hydrogens is 234 g/mol. The van der Waals surface area contributed by atoms with Crippen LogP contribution in [0.4, 0.5) is 0 Å². The van der Waals surface area contributed by atoms with Crippen molar-refractivity contribution in [3.8, 4) is 0 Å². The van der Waals surface area contributed by atoms with Crippen LogP contribution in [0.2, 0.25) is 0 Å². The van der Waals surface area contributed by atoms with Gasteiger partial charge in [-0.2, -0.15) is 0 Å². The molecule has 3 nitrogen and oxygen atoms in total. The second kappa shape index (κ2) is 5.65. The molecule has 0 aliphatic heterocycles. The standard InChI is InChI=1S/C13H19NO2S/c1-2-6-14(8-10-3-4-10)9-11-5-7-17-12(11)13(15)16/h5,7,10H,2-4,6,8-9H2,1H3,(H,15,16). The van der Waals surface area contributed by atoms with Gasteiger partial charge < -0.3 is 5.11 Å². The maximum atomic E-state index is 11.0. The van der Waals surface area contributed by atoms with E-state index in [9.17, 15) is 4.79 Å². The highest BCUT2D eigenvalue weighted by Crippen LogP contribution is 2.30. The first-order chi connectivity index (χ1) is 8.20. The van der Waals surface area contributed by atoms with Crippen LogP contribution < -0.4 is 0 Å². The third-order valence-electron chi connectivity index (χ3n) is 3.09.